The fraction of sp³-hybridized carbons (Fsp3) is 0.308. The van der Waals surface area contributed by atoms with Gasteiger partial charge in [0.05, 0.1) is 29.8 Å². The molecule has 2 saturated heterocycles. The van der Waals surface area contributed by atoms with Crippen molar-refractivity contribution in [3.63, 3.8) is 0 Å². The van der Waals surface area contributed by atoms with Crippen molar-refractivity contribution in [3.05, 3.63) is 71.5 Å². The number of carbonyl (C=O) groups is 3. The maximum Gasteiger partial charge on any atom is 0.305 e. The van der Waals surface area contributed by atoms with Crippen LogP contribution in [0.2, 0.25) is 0 Å². The Hall–Kier alpha value is -2.45. The van der Waals surface area contributed by atoms with Crippen LogP contribution >= 0.6 is 55.0 Å². The molecule has 6 rings (SSSR count). The molecular weight excluding hydrogens is 674 g/mol. The molecule has 13 heteroatoms. The third-order valence-electron chi connectivity index (χ3n) is 6.93. The van der Waals surface area contributed by atoms with E-state index >= 15 is 0 Å². The lowest BCUT2D eigenvalue weighted by Gasteiger charge is -2.31. The Labute approximate surface area is 248 Å². The molecule has 3 aromatic rings. The number of ether oxygens (including phenoxy) is 2. The van der Waals surface area contributed by atoms with Gasteiger partial charge in [0.15, 0.2) is 6.61 Å². The lowest BCUT2D eigenvalue weighted by Crippen LogP contribution is -2.43. The van der Waals surface area contributed by atoms with Crippen molar-refractivity contribution in [2.24, 2.45) is 5.92 Å². The predicted octanol–water partition coefficient (Wildman–Crippen LogP) is 3.99. The average Bonchev–Trinajstić information content (AvgIpc) is 3.43. The van der Waals surface area contributed by atoms with E-state index in [-0.39, 0.29) is 29.2 Å². The first-order valence-corrected chi connectivity index (χ1v) is 15.4. The van der Waals surface area contributed by atoms with Gasteiger partial charge in [-0.3, -0.25) is 19.2 Å². The number of nitrogens with one attached hydrogen (secondary N) is 1. The van der Waals surface area contributed by atoms with Gasteiger partial charge < -0.3 is 19.4 Å². The highest BCUT2D eigenvalue weighted by molar-refractivity contribution is 9.10. The highest BCUT2D eigenvalue weighted by Crippen LogP contribution is 2.54. The third-order valence-corrected chi connectivity index (χ3v) is 10.4. The number of morpholine rings is 1. The summed E-state index contributed by atoms with van der Waals surface area (Å²) in [5.41, 5.74) is 1.12. The van der Waals surface area contributed by atoms with Crippen LogP contribution in [0.1, 0.15) is 16.4 Å². The van der Waals surface area contributed by atoms with Crippen LogP contribution in [0.4, 0.5) is 5.69 Å². The normalized spacial score (nSPS) is 22.6. The molecule has 3 amide bonds. The van der Waals surface area contributed by atoms with Crippen molar-refractivity contribution in [3.8, 4) is 5.75 Å². The lowest BCUT2D eigenvalue weighted by atomic mass is 9.82. The van der Waals surface area contributed by atoms with Crippen molar-refractivity contribution in [2.75, 3.05) is 37.8 Å². The summed E-state index contributed by atoms with van der Waals surface area (Å²) in [4.78, 5) is 59.1. The molecule has 3 aliphatic heterocycles. The van der Waals surface area contributed by atoms with Gasteiger partial charge in [-0.15, -0.1) is 0 Å². The second-order valence-corrected chi connectivity index (χ2v) is 13.2. The fourth-order valence-corrected chi connectivity index (χ4v) is 8.28. The molecular formula is C26H21Br2N3O6S2. The minimum absolute atomic E-state index is 0.162. The number of halogens is 2. The summed E-state index contributed by atoms with van der Waals surface area (Å²) in [6, 6.07) is 12.4. The van der Waals surface area contributed by atoms with Crippen molar-refractivity contribution in [1.29, 1.82) is 0 Å². The lowest BCUT2D eigenvalue weighted by molar-refractivity contribution is -0.137. The van der Waals surface area contributed by atoms with Gasteiger partial charge in [-0.05, 0) is 42.5 Å². The molecule has 1 aromatic heterocycles. The molecule has 9 nitrogen and oxygen atoms in total. The molecule has 0 aliphatic carbocycles. The van der Waals surface area contributed by atoms with E-state index < -0.39 is 17.1 Å². The molecule has 0 bridgehead atoms. The standard InChI is InChI=1S/C26H21Br2N3O6S2/c27-13-1-4-15(5-2-13)31-24(33)20-19(21-23(29-26(35)39-21)38-22(20)25(31)34)16-11-14(28)3-6-17(16)37-12-18(32)30-7-9-36-10-8-30/h1-6,11,19-20,22H,7-10,12H2,(H,29,35)/t19-,20-,22+/m0/s1. The topological polar surface area (TPSA) is 109 Å². The summed E-state index contributed by atoms with van der Waals surface area (Å²) < 4.78 is 13.0. The summed E-state index contributed by atoms with van der Waals surface area (Å²) in [6.45, 7) is 1.79. The van der Waals surface area contributed by atoms with Gasteiger partial charge in [0.2, 0.25) is 11.8 Å². The van der Waals surface area contributed by atoms with E-state index in [2.05, 4.69) is 36.8 Å². The number of hydrogen-bond donors (Lipinski definition) is 1. The Kier molecular flexibility index (Phi) is 7.44. The van der Waals surface area contributed by atoms with Crippen molar-refractivity contribution >= 4 is 78.4 Å². The van der Waals surface area contributed by atoms with Gasteiger partial charge in [0.25, 0.3) is 5.91 Å². The Bertz CT molecular complexity index is 1520. The number of amides is 3. The number of carbonyl (C=O) groups excluding carboxylic acids is 3. The molecule has 3 aliphatic rings. The molecule has 0 radical (unpaired) electrons. The Morgan fingerprint density at radius 1 is 1.03 bits per heavy atom. The summed E-state index contributed by atoms with van der Waals surface area (Å²) in [5, 5.41) is -0.156. The van der Waals surface area contributed by atoms with Crippen molar-refractivity contribution in [2.45, 2.75) is 16.2 Å². The summed E-state index contributed by atoms with van der Waals surface area (Å²) >= 11 is 9.16. The Morgan fingerprint density at radius 3 is 2.49 bits per heavy atom. The van der Waals surface area contributed by atoms with Crippen LogP contribution in [0.5, 0.6) is 5.75 Å². The van der Waals surface area contributed by atoms with E-state index in [1.165, 1.54) is 16.7 Å². The molecule has 0 spiro atoms. The zero-order valence-electron chi connectivity index (χ0n) is 20.2. The Morgan fingerprint density at radius 2 is 1.74 bits per heavy atom. The van der Waals surface area contributed by atoms with Crippen LogP contribution in [0.25, 0.3) is 0 Å². The molecule has 2 aromatic carbocycles. The summed E-state index contributed by atoms with van der Waals surface area (Å²) in [7, 11) is 0. The van der Waals surface area contributed by atoms with Crippen molar-refractivity contribution < 1.29 is 23.9 Å². The second-order valence-electron chi connectivity index (χ2n) is 9.20. The maximum atomic E-state index is 14.0. The number of imide groups is 1. The van der Waals surface area contributed by atoms with Crippen LogP contribution in [-0.4, -0.2) is 65.8 Å². The highest BCUT2D eigenvalue weighted by Gasteiger charge is 2.56. The zero-order chi connectivity index (χ0) is 27.3. The number of hydrogen-bond acceptors (Lipinski definition) is 8. The molecule has 1 N–H and O–H groups in total. The van der Waals surface area contributed by atoms with Gasteiger partial charge in [-0.1, -0.05) is 55.0 Å². The molecule has 3 atom stereocenters. The monoisotopic (exact) mass is 693 g/mol. The molecule has 4 heterocycles. The first-order valence-electron chi connectivity index (χ1n) is 12.1. The molecule has 39 heavy (non-hydrogen) atoms. The molecule has 0 saturated carbocycles. The minimum atomic E-state index is -0.767. The van der Waals surface area contributed by atoms with Gasteiger partial charge >= 0.3 is 4.87 Å². The number of nitrogens with zero attached hydrogens (tertiary/aromatic N) is 2. The van der Waals surface area contributed by atoms with E-state index in [4.69, 9.17) is 9.47 Å². The first kappa shape index (κ1) is 26.8. The Balaban J connectivity index is 1.39. The predicted molar refractivity (Wildman–Crippen MR) is 154 cm³/mol. The van der Waals surface area contributed by atoms with Gasteiger partial charge in [-0.2, -0.15) is 0 Å². The summed E-state index contributed by atoms with van der Waals surface area (Å²) in [5.74, 6) is -1.81. The number of rotatable bonds is 5. The van der Waals surface area contributed by atoms with Crippen LogP contribution in [0.3, 0.4) is 0 Å². The zero-order valence-corrected chi connectivity index (χ0v) is 25.0. The van der Waals surface area contributed by atoms with Crippen LogP contribution < -0.4 is 14.5 Å². The minimum Gasteiger partial charge on any atom is -0.483 e. The molecule has 202 valence electrons. The number of thioether (sulfide) groups is 1. The van der Waals surface area contributed by atoms with Crippen LogP contribution in [0, 0.1) is 5.92 Å². The van der Waals surface area contributed by atoms with Gasteiger partial charge in [-0.25, -0.2) is 4.90 Å². The van der Waals surface area contributed by atoms with E-state index in [1.807, 2.05) is 6.07 Å². The molecule has 2 fully saturated rings. The van der Waals surface area contributed by atoms with Gasteiger partial charge in [0, 0.05) is 38.4 Å². The number of fused-ring (bicyclic) bond motifs is 2. The number of aromatic nitrogens is 1. The largest absolute Gasteiger partial charge is 0.483 e. The van der Waals surface area contributed by atoms with Crippen molar-refractivity contribution in [1.82, 2.24) is 9.88 Å². The number of anilines is 1. The van der Waals surface area contributed by atoms with E-state index in [1.54, 1.807) is 41.3 Å². The number of aromatic amines is 1. The fourth-order valence-electron chi connectivity index (χ4n) is 5.13. The maximum absolute atomic E-state index is 14.0. The number of H-pyrrole nitrogens is 1. The SMILES string of the molecule is O=C(COc1ccc(Br)cc1[C@@H]1c2sc(=O)[nH]c2S[C@H]2C(=O)N(c3ccc(Br)cc3)C(=O)[C@@H]12)N1CCOCC1. The van der Waals surface area contributed by atoms with E-state index in [9.17, 15) is 19.2 Å². The third kappa shape index (κ3) is 4.99. The smallest absolute Gasteiger partial charge is 0.305 e. The van der Waals surface area contributed by atoms with Gasteiger partial charge in [0.1, 0.15) is 11.0 Å². The summed E-state index contributed by atoms with van der Waals surface area (Å²) in [6.07, 6.45) is 0. The number of thiazole rings is 1. The highest BCUT2D eigenvalue weighted by atomic mass is 79.9. The van der Waals surface area contributed by atoms with Crippen LogP contribution in [-0.2, 0) is 19.1 Å². The molecule has 0 unspecified atom stereocenters. The average molecular weight is 695 g/mol. The van der Waals surface area contributed by atoms with E-state index in [0.29, 0.717) is 53.2 Å². The first-order chi connectivity index (χ1) is 18.8. The second kappa shape index (κ2) is 10.8. The van der Waals surface area contributed by atoms with E-state index in [0.717, 1.165) is 20.3 Å². The number of benzene rings is 2. The quantitative estimate of drug-likeness (QED) is 0.403. The van der Waals surface area contributed by atoms with Crippen LogP contribution in [0.15, 0.2) is 61.2 Å².